The van der Waals surface area contributed by atoms with Crippen molar-refractivity contribution in [1.29, 1.82) is 5.26 Å². The second kappa shape index (κ2) is 6.48. The maximum Gasteiger partial charge on any atom is 0.183 e. The number of nitrogens with zero attached hydrogens (tertiary/aromatic N) is 5. The van der Waals surface area contributed by atoms with Gasteiger partial charge in [0.15, 0.2) is 11.5 Å². The number of piperazine rings is 1. The van der Waals surface area contributed by atoms with Crippen molar-refractivity contribution in [2.75, 3.05) is 43.1 Å². The average molecular weight is 313 g/mol. The SMILES string of the molecule is COc1cc(F)ccc1N1CCN(c2nccnc2C#N)CC1. The van der Waals surface area contributed by atoms with E-state index in [1.807, 2.05) is 4.90 Å². The zero-order valence-corrected chi connectivity index (χ0v) is 12.7. The maximum absolute atomic E-state index is 13.3. The molecule has 1 aliphatic heterocycles. The first-order valence-electron chi connectivity index (χ1n) is 7.27. The van der Waals surface area contributed by atoms with E-state index in [9.17, 15) is 4.39 Å². The van der Waals surface area contributed by atoms with Crippen molar-refractivity contribution in [3.8, 4) is 11.8 Å². The van der Waals surface area contributed by atoms with Gasteiger partial charge in [0.1, 0.15) is 17.6 Å². The number of benzene rings is 1. The van der Waals surface area contributed by atoms with Crippen molar-refractivity contribution in [3.05, 3.63) is 42.1 Å². The molecule has 0 bridgehead atoms. The van der Waals surface area contributed by atoms with E-state index in [1.165, 1.54) is 25.4 Å². The van der Waals surface area contributed by atoms with E-state index in [2.05, 4.69) is 20.9 Å². The van der Waals surface area contributed by atoms with Crippen LogP contribution in [0.2, 0.25) is 0 Å². The number of halogens is 1. The van der Waals surface area contributed by atoms with Crippen LogP contribution in [0.15, 0.2) is 30.6 Å². The first-order valence-corrected chi connectivity index (χ1v) is 7.27. The standard InChI is InChI=1S/C16H16FN5O/c1-23-15-10-12(17)2-3-14(15)21-6-8-22(9-7-21)16-13(11-18)19-4-5-20-16/h2-5,10H,6-9H2,1H3. The third-order valence-corrected chi connectivity index (χ3v) is 3.85. The van der Waals surface area contributed by atoms with Gasteiger partial charge in [0, 0.05) is 44.6 Å². The van der Waals surface area contributed by atoms with Crippen molar-refractivity contribution in [3.63, 3.8) is 0 Å². The molecule has 0 radical (unpaired) electrons. The predicted octanol–water partition coefficient (Wildman–Crippen LogP) is 1.82. The minimum atomic E-state index is -0.317. The largest absolute Gasteiger partial charge is 0.494 e. The van der Waals surface area contributed by atoms with Crippen LogP contribution >= 0.6 is 0 Å². The molecular formula is C16H16FN5O. The molecule has 1 aromatic heterocycles. The summed E-state index contributed by atoms with van der Waals surface area (Å²) in [5.74, 6) is 0.818. The molecule has 2 heterocycles. The molecule has 3 rings (SSSR count). The molecule has 0 unspecified atom stereocenters. The van der Waals surface area contributed by atoms with Gasteiger partial charge < -0.3 is 14.5 Å². The molecule has 7 heteroatoms. The third-order valence-electron chi connectivity index (χ3n) is 3.85. The van der Waals surface area contributed by atoms with Crippen LogP contribution in [-0.2, 0) is 0 Å². The Hall–Kier alpha value is -2.88. The van der Waals surface area contributed by atoms with E-state index < -0.39 is 0 Å². The monoisotopic (exact) mass is 313 g/mol. The zero-order chi connectivity index (χ0) is 16.2. The van der Waals surface area contributed by atoms with E-state index in [0.717, 1.165) is 18.8 Å². The molecule has 0 aliphatic carbocycles. The third kappa shape index (κ3) is 3.01. The Morgan fingerprint density at radius 1 is 1.13 bits per heavy atom. The number of hydrogen-bond acceptors (Lipinski definition) is 6. The van der Waals surface area contributed by atoms with Crippen LogP contribution < -0.4 is 14.5 Å². The summed E-state index contributed by atoms with van der Waals surface area (Å²) >= 11 is 0. The van der Waals surface area contributed by atoms with Crippen molar-refractivity contribution in [1.82, 2.24) is 9.97 Å². The lowest BCUT2D eigenvalue weighted by molar-refractivity contribution is 0.410. The molecule has 1 saturated heterocycles. The lowest BCUT2D eigenvalue weighted by atomic mass is 10.2. The van der Waals surface area contributed by atoms with Crippen molar-refractivity contribution in [2.45, 2.75) is 0 Å². The quantitative estimate of drug-likeness (QED) is 0.861. The van der Waals surface area contributed by atoms with Gasteiger partial charge in [0.25, 0.3) is 0 Å². The van der Waals surface area contributed by atoms with Gasteiger partial charge in [0.05, 0.1) is 12.8 Å². The summed E-state index contributed by atoms with van der Waals surface area (Å²) in [6, 6.07) is 6.62. The van der Waals surface area contributed by atoms with Crippen LogP contribution in [0.25, 0.3) is 0 Å². The van der Waals surface area contributed by atoms with Gasteiger partial charge in [-0.1, -0.05) is 0 Å². The molecule has 0 N–H and O–H groups in total. The molecule has 0 amide bonds. The van der Waals surface area contributed by atoms with Crippen LogP contribution in [0, 0.1) is 17.1 Å². The van der Waals surface area contributed by atoms with Crippen LogP contribution in [-0.4, -0.2) is 43.3 Å². The average Bonchev–Trinajstić information content (AvgIpc) is 2.61. The van der Waals surface area contributed by atoms with Gasteiger partial charge in [-0.3, -0.25) is 0 Å². The summed E-state index contributed by atoms with van der Waals surface area (Å²) in [5.41, 5.74) is 1.20. The molecule has 1 aliphatic rings. The first-order chi connectivity index (χ1) is 11.2. The highest BCUT2D eigenvalue weighted by atomic mass is 19.1. The summed E-state index contributed by atoms with van der Waals surface area (Å²) in [4.78, 5) is 12.5. The Bertz CT molecular complexity index is 737. The maximum atomic E-state index is 13.3. The number of methoxy groups -OCH3 is 1. The minimum absolute atomic E-state index is 0.317. The summed E-state index contributed by atoms with van der Waals surface area (Å²) in [7, 11) is 1.53. The zero-order valence-electron chi connectivity index (χ0n) is 12.7. The Balaban J connectivity index is 1.75. The molecule has 6 nitrogen and oxygen atoms in total. The summed E-state index contributed by atoms with van der Waals surface area (Å²) < 4.78 is 18.6. The highest BCUT2D eigenvalue weighted by Gasteiger charge is 2.22. The van der Waals surface area contributed by atoms with E-state index >= 15 is 0 Å². The van der Waals surface area contributed by atoms with E-state index in [4.69, 9.17) is 10.00 Å². The predicted molar refractivity (Wildman–Crippen MR) is 84.1 cm³/mol. The molecule has 1 aromatic carbocycles. The highest BCUT2D eigenvalue weighted by Crippen LogP contribution is 2.30. The molecule has 23 heavy (non-hydrogen) atoms. The van der Waals surface area contributed by atoms with Gasteiger partial charge in [-0.25, -0.2) is 14.4 Å². The first kappa shape index (κ1) is 15.0. The molecule has 0 saturated carbocycles. The number of aromatic nitrogens is 2. The lowest BCUT2D eigenvalue weighted by Crippen LogP contribution is -2.47. The van der Waals surface area contributed by atoms with E-state index in [0.29, 0.717) is 30.4 Å². The Kier molecular flexibility index (Phi) is 4.24. The van der Waals surface area contributed by atoms with Crippen LogP contribution in [0.4, 0.5) is 15.9 Å². The smallest absolute Gasteiger partial charge is 0.183 e. The summed E-state index contributed by atoms with van der Waals surface area (Å²) in [5, 5.41) is 9.13. The second-order valence-corrected chi connectivity index (χ2v) is 5.13. The number of nitriles is 1. The van der Waals surface area contributed by atoms with Crippen molar-refractivity contribution < 1.29 is 9.13 Å². The van der Waals surface area contributed by atoms with Crippen LogP contribution in [0.1, 0.15) is 5.69 Å². The van der Waals surface area contributed by atoms with Gasteiger partial charge in [0.2, 0.25) is 0 Å². The van der Waals surface area contributed by atoms with Gasteiger partial charge in [-0.15, -0.1) is 0 Å². The fourth-order valence-electron chi connectivity index (χ4n) is 2.71. The Labute approximate surface area is 133 Å². The lowest BCUT2D eigenvalue weighted by Gasteiger charge is -2.37. The fourth-order valence-corrected chi connectivity index (χ4v) is 2.71. The molecule has 0 spiro atoms. The number of rotatable bonds is 3. The van der Waals surface area contributed by atoms with Gasteiger partial charge >= 0.3 is 0 Å². The highest BCUT2D eigenvalue weighted by molar-refractivity contribution is 5.60. The van der Waals surface area contributed by atoms with Crippen molar-refractivity contribution in [2.24, 2.45) is 0 Å². The van der Waals surface area contributed by atoms with Crippen LogP contribution in [0.5, 0.6) is 5.75 Å². The Morgan fingerprint density at radius 3 is 2.52 bits per heavy atom. The number of hydrogen-bond donors (Lipinski definition) is 0. The van der Waals surface area contributed by atoms with Gasteiger partial charge in [-0.2, -0.15) is 5.26 Å². The minimum Gasteiger partial charge on any atom is -0.494 e. The van der Waals surface area contributed by atoms with E-state index in [1.54, 1.807) is 12.3 Å². The second-order valence-electron chi connectivity index (χ2n) is 5.13. The Morgan fingerprint density at radius 2 is 1.83 bits per heavy atom. The van der Waals surface area contributed by atoms with E-state index in [-0.39, 0.29) is 5.82 Å². The number of anilines is 2. The fraction of sp³-hybridized carbons (Fsp3) is 0.312. The molecule has 0 atom stereocenters. The van der Waals surface area contributed by atoms with Crippen LogP contribution in [0.3, 0.4) is 0 Å². The number of ether oxygens (including phenoxy) is 1. The van der Waals surface area contributed by atoms with Gasteiger partial charge in [-0.05, 0) is 12.1 Å². The summed E-state index contributed by atoms with van der Waals surface area (Å²) in [6.45, 7) is 2.86. The molecular weight excluding hydrogens is 297 g/mol. The topological polar surface area (TPSA) is 65.3 Å². The molecule has 118 valence electrons. The molecule has 1 fully saturated rings. The van der Waals surface area contributed by atoms with Crippen molar-refractivity contribution >= 4 is 11.5 Å². The normalized spacial score (nSPS) is 14.5. The molecule has 2 aromatic rings. The summed E-state index contributed by atoms with van der Waals surface area (Å²) in [6.07, 6.45) is 3.10.